The zero-order chi connectivity index (χ0) is 12.4. The monoisotopic (exact) mass is 256 g/mol. The first-order valence-electron chi connectivity index (χ1n) is 4.47. The van der Waals surface area contributed by atoms with E-state index in [1.54, 1.807) is 0 Å². The summed E-state index contributed by atoms with van der Waals surface area (Å²) in [5.41, 5.74) is -0.294. The minimum atomic E-state index is -0.633. The fourth-order valence-electron chi connectivity index (χ4n) is 1.14. The van der Waals surface area contributed by atoms with Gasteiger partial charge in [0.05, 0.1) is 5.02 Å². The quantitative estimate of drug-likeness (QED) is 0.753. The lowest BCUT2D eigenvalue weighted by molar-refractivity contribution is 0.101. The van der Waals surface area contributed by atoms with Gasteiger partial charge in [-0.25, -0.2) is 14.3 Å². The molecule has 0 atom stereocenters. The molecular weight excluding hydrogens is 251 g/mol. The Balaban J connectivity index is 2.18. The molecule has 0 aliphatic rings. The van der Waals surface area contributed by atoms with Crippen LogP contribution in [0.25, 0.3) is 0 Å². The van der Waals surface area contributed by atoms with Crippen molar-refractivity contribution in [2.75, 3.05) is 5.32 Å². The van der Waals surface area contributed by atoms with E-state index in [0.29, 0.717) is 5.69 Å². The van der Waals surface area contributed by atoms with Gasteiger partial charge in [-0.2, -0.15) is 0 Å². The summed E-state index contributed by atoms with van der Waals surface area (Å²) < 4.78 is 12.9. The second-order valence-corrected chi connectivity index (χ2v) is 3.52. The number of halogens is 2. The van der Waals surface area contributed by atoms with Crippen LogP contribution in [0.4, 0.5) is 10.1 Å². The van der Waals surface area contributed by atoms with Gasteiger partial charge in [0, 0.05) is 5.69 Å². The maximum Gasteiger partial charge on any atom is 0.341 e. The smallest absolute Gasteiger partial charge is 0.319 e. The molecule has 17 heavy (non-hydrogen) atoms. The van der Waals surface area contributed by atoms with Crippen LogP contribution in [0, 0.1) is 5.82 Å². The zero-order valence-electron chi connectivity index (χ0n) is 8.25. The molecule has 8 heteroatoms. The Morgan fingerprint density at radius 2 is 2.24 bits per heavy atom. The number of carbonyl (C=O) groups is 1. The van der Waals surface area contributed by atoms with E-state index >= 15 is 0 Å². The van der Waals surface area contributed by atoms with Crippen LogP contribution in [0.5, 0.6) is 0 Å². The molecule has 2 aromatic rings. The van der Waals surface area contributed by atoms with Crippen molar-refractivity contribution in [1.29, 1.82) is 0 Å². The van der Waals surface area contributed by atoms with Crippen molar-refractivity contribution in [3.05, 3.63) is 45.3 Å². The topological polar surface area (TPSA) is 90.6 Å². The van der Waals surface area contributed by atoms with Gasteiger partial charge in [0.2, 0.25) is 5.82 Å². The molecule has 1 aromatic carbocycles. The first-order chi connectivity index (χ1) is 8.06. The highest BCUT2D eigenvalue weighted by molar-refractivity contribution is 6.31. The molecule has 1 heterocycles. The van der Waals surface area contributed by atoms with Gasteiger partial charge >= 0.3 is 5.69 Å². The van der Waals surface area contributed by atoms with Crippen LogP contribution in [0.15, 0.2) is 23.0 Å². The Bertz CT molecular complexity index is 621. The summed E-state index contributed by atoms with van der Waals surface area (Å²) in [5.74, 6) is -1.39. The number of anilines is 1. The Morgan fingerprint density at radius 3 is 2.82 bits per heavy atom. The molecule has 0 aliphatic heterocycles. The number of H-pyrrole nitrogens is 2. The van der Waals surface area contributed by atoms with Gasteiger partial charge in [-0.05, 0) is 18.2 Å². The lowest BCUT2D eigenvalue weighted by atomic mass is 10.3. The van der Waals surface area contributed by atoms with Crippen LogP contribution in [0.1, 0.15) is 10.6 Å². The zero-order valence-corrected chi connectivity index (χ0v) is 9.01. The largest absolute Gasteiger partial charge is 0.341 e. The van der Waals surface area contributed by atoms with Gasteiger partial charge in [0.15, 0.2) is 0 Å². The Labute approximate surface area is 98.8 Å². The number of hydrogen-bond acceptors (Lipinski definition) is 3. The third kappa shape index (κ3) is 2.51. The summed E-state index contributed by atoms with van der Waals surface area (Å²) >= 11 is 5.54. The molecule has 1 aromatic heterocycles. The maximum absolute atomic E-state index is 12.9. The lowest BCUT2D eigenvalue weighted by Crippen LogP contribution is -2.14. The number of carbonyl (C=O) groups excluding carboxylic acids is 1. The van der Waals surface area contributed by atoms with Crippen LogP contribution in [0.2, 0.25) is 5.02 Å². The van der Waals surface area contributed by atoms with Crippen LogP contribution < -0.4 is 11.0 Å². The normalized spacial score (nSPS) is 10.2. The molecule has 0 unspecified atom stereocenters. The second kappa shape index (κ2) is 4.38. The number of aromatic nitrogens is 3. The average molecular weight is 257 g/mol. The average Bonchev–Trinajstić information content (AvgIpc) is 2.70. The second-order valence-electron chi connectivity index (χ2n) is 3.11. The molecule has 6 nitrogen and oxygen atoms in total. The summed E-state index contributed by atoms with van der Waals surface area (Å²) in [4.78, 5) is 24.4. The summed E-state index contributed by atoms with van der Waals surface area (Å²) in [7, 11) is 0. The van der Waals surface area contributed by atoms with Crippen molar-refractivity contribution in [2.45, 2.75) is 0 Å². The van der Waals surface area contributed by atoms with E-state index in [2.05, 4.69) is 15.4 Å². The lowest BCUT2D eigenvalue weighted by Gasteiger charge is -2.03. The van der Waals surface area contributed by atoms with Gasteiger partial charge in [0.1, 0.15) is 5.82 Å². The van der Waals surface area contributed by atoms with Gasteiger partial charge in [-0.1, -0.05) is 11.6 Å². The van der Waals surface area contributed by atoms with Crippen molar-refractivity contribution in [1.82, 2.24) is 15.2 Å². The highest BCUT2D eigenvalue weighted by Crippen LogP contribution is 2.19. The third-order valence-electron chi connectivity index (χ3n) is 1.89. The minimum absolute atomic E-state index is 0.113. The maximum atomic E-state index is 12.9. The van der Waals surface area contributed by atoms with E-state index in [4.69, 9.17) is 11.6 Å². The summed E-state index contributed by atoms with van der Waals surface area (Å²) in [6.45, 7) is 0. The molecular formula is C9H6ClFN4O2. The van der Waals surface area contributed by atoms with Crippen molar-refractivity contribution < 1.29 is 9.18 Å². The van der Waals surface area contributed by atoms with Crippen molar-refractivity contribution in [2.24, 2.45) is 0 Å². The van der Waals surface area contributed by atoms with Gasteiger partial charge in [-0.3, -0.25) is 9.78 Å². The van der Waals surface area contributed by atoms with Crippen LogP contribution in [0.3, 0.4) is 0 Å². The van der Waals surface area contributed by atoms with E-state index in [-0.39, 0.29) is 10.8 Å². The Hall–Kier alpha value is -2.15. The van der Waals surface area contributed by atoms with Crippen molar-refractivity contribution in [3.8, 4) is 0 Å². The van der Waals surface area contributed by atoms with Crippen molar-refractivity contribution in [3.63, 3.8) is 0 Å². The van der Waals surface area contributed by atoms with Gasteiger partial charge < -0.3 is 5.32 Å². The molecule has 0 saturated heterocycles. The number of benzene rings is 1. The predicted octanol–water partition coefficient (Wildman–Crippen LogP) is 1.14. The van der Waals surface area contributed by atoms with Crippen LogP contribution in [-0.4, -0.2) is 21.1 Å². The Kier molecular flexibility index (Phi) is 2.92. The standard InChI is InChI=1S/C9H6ClFN4O2/c10-5-3-4(1-2-6(5)11)12-8(16)7-13-9(17)15-14-7/h1-3H,(H,12,16)(H2,13,14,15,17). The molecule has 0 saturated carbocycles. The molecule has 0 spiro atoms. The summed E-state index contributed by atoms with van der Waals surface area (Å²) in [6, 6.07) is 3.70. The van der Waals surface area contributed by atoms with E-state index in [9.17, 15) is 14.0 Å². The molecule has 0 bridgehead atoms. The third-order valence-corrected chi connectivity index (χ3v) is 2.18. The first kappa shape index (κ1) is 11.3. The van der Waals surface area contributed by atoms with Crippen LogP contribution in [-0.2, 0) is 0 Å². The van der Waals surface area contributed by atoms with E-state index < -0.39 is 17.4 Å². The summed E-state index contributed by atoms with van der Waals surface area (Å²) in [5, 5.41) is 7.77. The van der Waals surface area contributed by atoms with Crippen molar-refractivity contribution >= 4 is 23.2 Å². The molecule has 88 valence electrons. The number of nitrogens with zero attached hydrogens (tertiary/aromatic N) is 1. The van der Waals surface area contributed by atoms with E-state index in [0.717, 1.165) is 6.07 Å². The molecule has 0 aliphatic carbocycles. The Morgan fingerprint density at radius 1 is 1.47 bits per heavy atom. The van der Waals surface area contributed by atoms with Gasteiger partial charge in [-0.15, -0.1) is 5.10 Å². The summed E-state index contributed by atoms with van der Waals surface area (Å²) in [6.07, 6.45) is 0. The highest BCUT2D eigenvalue weighted by atomic mass is 35.5. The van der Waals surface area contributed by atoms with E-state index in [1.807, 2.05) is 5.10 Å². The fourth-order valence-corrected chi connectivity index (χ4v) is 1.32. The fraction of sp³-hybridized carbons (Fsp3) is 0. The number of nitrogens with one attached hydrogen (secondary N) is 3. The minimum Gasteiger partial charge on any atom is -0.319 e. The number of aromatic amines is 2. The molecule has 0 fully saturated rings. The van der Waals surface area contributed by atoms with Gasteiger partial charge in [0.25, 0.3) is 5.91 Å². The molecule has 1 amide bonds. The number of rotatable bonds is 2. The predicted molar refractivity (Wildman–Crippen MR) is 58.6 cm³/mol. The molecule has 2 rings (SSSR count). The van der Waals surface area contributed by atoms with Crippen LogP contribution >= 0.6 is 11.6 Å². The molecule has 0 radical (unpaired) electrons. The van der Waals surface area contributed by atoms with E-state index in [1.165, 1.54) is 12.1 Å². The SMILES string of the molecule is O=C(Nc1ccc(F)c(Cl)c1)c1n[nH]c(=O)[nH]1. The first-order valence-corrected chi connectivity index (χ1v) is 4.85. The number of hydrogen-bond donors (Lipinski definition) is 3. The molecule has 3 N–H and O–H groups in total. The number of amides is 1. The highest BCUT2D eigenvalue weighted by Gasteiger charge is 2.11.